The van der Waals surface area contributed by atoms with Crippen molar-refractivity contribution in [3.8, 4) is 5.88 Å². The summed E-state index contributed by atoms with van der Waals surface area (Å²) in [6.07, 6.45) is 2.84. The van der Waals surface area contributed by atoms with E-state index in [4.69, 9.17) is 9.47 Å². The van der Waals surface area contributed by atoms with Crippen molar-refractivity contribution < 1.29 is 9.47 Å². The molecule has 1 fully saturated rings. The fraction of sp³-hybridized carbons (Fsp3) is 0.583. The Morgan fingerprint density at radius 2 is 2.56 bits per heavy atom. The number of nitrogens with one attached hydrogen (secondary N) is 1. The van der Waals surface area contributed by atoms with Crippen LogP contribution in [0, 0.1) is 0 Å². The third-order valence-corrected chi connectivity index (χ3v) is 2.64. The molecule has 0 bridgehead atoms. The Hall–Kier alpha value is -1.13. The van der Waals surface area contributed by atoms with Crippen molar-refractivity contribution in [3.05, 3.63) is 23.9 Å². The van der Waals surface area contributed by atoms with Crippen molar-refractivity contribution in [2.24, 2.45) is 0 Å². The van der Waals surface area contributed by atoms with Gasteiger partial charge in [0.05, 0.1) is 13.2 Å². The monoisotopic (exact) mass is 222 g/mol. The van der Waals surface area contributed by atoms with Crippen molar-refractivity contribution >= 4 is 0 Å². The zero-order chi connectivity index (χ0) is 11.2. The van der Waals surface area contributed by atoms with Gasteiger partial charge in [0.15, 0.2) is 0 Å². The van der Waals surface area contributed by atoms with Gasteiger partial charge in [-0.25, -0.2) is 4.98 Å². The molecule has 1 aromatic rings. The number of hydrogen-bond acceptors (Lipinski definition) is 4. The van der Waals surface area contributed by atoms with E-state index in [1.54, 1.807) is 6.20 Å². The largest absolute Gasteiger partial charge is 0.478 e. The van der Waals surface area contributed by atoms with Crippen LogP contribution in [0.15, 0.2) is 18.3 Å². The van der Waals surface area contributed by atoms with E-state index >= 15 is 0 Å². The Kier molecular flexibility index (Phi) is 4.13. The van der Waals surface area contributed by atoms with E-state index in [0.717, 1.165) is 37.6 Å². The summed E-state index contributed by atoms with van der Waals surface area (Å²) in [5, 5.41) is 3.45. The standard InChI is InChI=1S/C12H18N2O2/c1-2-16-12-10(4-3-6-13-12)8-14-11-5-7-15-9-11/h3-4,6,11,14H,2,5,7-9H2,1H3. The average Bonchev–Trinajstić information content (AvgIpc) is 2.81. The molecule has 1 saturated heterocycles. The Morgan fingerprint density at radius 3 is 3.31 bits per heavy atom. The molecule has 88 valence electrons. The first-order chi connectivity index (χ1) is 7.90. The summed E-state index contributed by atoms with van der Waals surface area (Å²) in [5.41, 5.74) is 1.11. The molecular weight excluding hydrogens is 204 g/mol. The van der Waals surface area contributed by atoms with Crippen LogP contribution in [0.3, 0.4) is 0 Å². The first kappa shape index (κ1) is 11.4. The third kappa shape index (κ3) is 2.93. The van der Waals surface area contributed by atoms with Gasteiger partial charge in [0.1, 0.15) is 0 Å². The summed E-state index contributed by atoms with van der Waals surface area (Å²) in [6, 6.07) is 4.44. The normalized spacial score (nSPS) is 19.9. The molecule has 0 aromatic carbocycles. The van der Waals surface area contributed by atoms with Gasteiger partial charge < -0.3 is 14.8 Å². The molecule has 2 heterocycles. The zero-order valence-corrected chi connectivity index (χ0v) is 9.61. The predicted octanol–water partition coefficient (Wildman–Crippen LogP) is 1.36. The Labute approximate surface area is 96.0 Å². The van der Waals surface area contributed by atoms with Crippen LogP contribution in [0.4, 0.5) is 0 Å². The van der Waals surface area contributed by atoms with E-state index < -0.39 is 0 Å². The Morgan fingerprint density at radius 1 is 1.62 bits per heavy atom. The molecule has 1 unspecified atom stereocenters. The molecule has 1 atom stereocenters. The van der Waals surface area contributed by atoms with Crippen LogP contribution in [-0.4, -0.2) is 30.8 Å². The Bertz CT molecular complexity index is 325. The van der Waals surface area contributed by atoms with E-state index in [-0.39, 0.29) is 0 Å². The predicted molar refractivity (Wildman–Crippen MR) is 61.5 cm³/mol. The Balaban J connectivity index is 1.91. The number of ether oxygens (including phenoxy) is 2. The minimum absolute atomic E-state index is 0.467. The van der Waals surface area contributed by atoms with Crippen molar-refractivity contribution in [1.82, 2.24) is 10.3 Å². The highest BCUT2D eigenvalue weighted by molar-refractivity contribution is 5.25. The minimum Gasteiger partial charge on any atom is -0.478 e. The summed E-state index contributed by atoms with van der Waals surface area (Å²) >= 11 is 0. The summed E-state index contributed by atoms with van der Waals surface area (Å²) in [5.74, 6) is 0.733. The highest BCUT2D eigenvalue weighted by Crippen LogP contribution is 2.14. The number of aromatic nitrogens is 1. The van der Waals surface area contributed by atoms with Gasteiger partial charge in [-0.1, -0.05) is 6.07 Å². The molecule has 0 radical (unpaired) electrons. The van der Waals surface area contributed by atoms with E-state index in [1.807, 2.05) is 19.1 Å². The summed E-state index contributed by atoms with van der Waals surface area (Å²) < 4.78 is 10.8. The minimum atomic E-state index is 0.467. The van der Waals surface area contributed by atoms with Crippen molar-refractivity contribution in [2.45, 2.75) is 25.9 Å². The molecule has 4 nitrogen and oxygen atoms in total. The summed E-state index contributed by atoms with van der Waals surface area (Å²) in [7, 11) is 0. The molecule has 2 rings (SSSR count). The summed E-state index contributed by atoms with van der Waals surface area (Å²) in [4.78, 5) is 4.22. The van der Waals surface area contributed by atoms with Crippen LogP contribution in [0.1, 0.15) is 18.9 Å². The van der Waals surface area contributed by atoms with Gasteiger partial charge in [0, 0.05) is 31.0 Å². The molecule has 0 saturated carbocycles. The maximum atomic E-state index is 5.47. The number of pyridine rings is 1. The SMILES string of the molecule is CCOc1ncccc1CNC1CCOC1. The molecule has 1 aliphatic heterocycles. The molecular formula is C12H18N2O2. The molecule has 16 heavy (non-hydrogen) atoms. The van der Waals surface area contributed by atoms with Crippen LogP contribution < -0.4 is 10.1 Å². The maximum Gasteiger partial charge on any atom is 0.217 e. The lowest BCUT2D eigenvalue weighted by Gasteiger charge is -2.12. The van der Waals surface area contributed by atoms with Gasteiger partial charge in [-0.15, -0.1) is 0 Å². The van der Waals surface area contributed by atoms with Gasteiger partial charge in [0.2, 0.25) is 5.88 Å². The number of hydrogen-bond donors (Lipinski definition) is 1. The van der Waals surface area contributed by atoms with Crippen molar-refractivity contribution in [1.29, 1.82) is 0 Å². The van der Waals surface area contributed by atoms with Crippen LogP contribution in [0.5, 0.6) is 5.88 Å². The second kappa shape index (κ2) is 5.82. The van der Waals surface area contributed by atoms with Crippen molar-refractivity contribution in [2.75, 3.05) is 19.8 Å². The quantitative estimate of drug-likeness (QED) is 0.817. The topological polar surface area (TPSA) is 43.4 Å². The fourth-order valence-corrected chi connectivity index (χ4v) is 1.78. The highest BCUT2D eigenvalue weighted by atomic mass is 16.5. The van der Waals surface area contributed by atoms with Gasteiger partial charge in [-0.2, -0.15) is 0 Å². The van der Waals surface area contributed by atoms with Gasteiger partial charge in [0.25, 0.3) is 0 Å². The van der Waals surface area contributed by atoms with E-state index in [2.05, 4.69) is 10.3 Å². The summed E-state index contributed by atoms with van der Waals surface area (Å²) in [6.45, 7) is 5.08. The maximum absolute atomic E-state index is 5.47. The van der Waals surface area contributed by atoms with E-state index in [9.17, 15) is 0 Å². The lowest BCUT2D eigenvalue weighted by atomic mass is 10.2. The zero-order valence-electron chi connectivity index (χ0n) is 9.61. The molecule has 4 heteroatoms. The van der Waals surface area contributed by atoms with Crippen LogP contribution in [-0.2, 0) is 11.3 Å². The molecule has 0 aliphatic carbocycles. The molecule has 0 amide bonds. The molecule has 1 aliphatic rings. The van der Waals surface area contributed by atoms with Gasteiger partial charge in [-0.05, 0) is 19.4 Å². The third-order valence-electron chi connectivity index (χ3n) is 2.64. The van der Waals surface area contributed by atoms with Crippen LogP contribution >= 0.6 is 0 Å². The number of nitrogens with zero attached hydrogens (tertiary/aromatic N) is 1. The molecule has 1 aromatic heterocycles. The smallest absolute Gasteiger partial charge is 0.217 e. The first-order valence-corrected chi connectivity index (χ1v) is 5.78. The van der Waals surface area contributed by atoms with Crippen LogP contribution in [0.2, 0.25) is 0 Å². The van der Waals surface area contributed by atoms with Gasteiger partial charge >= 0.3 is 0 Å². The number of rotatable bonds is 5. The van der Waals surface area contributed by atoms with E-state index in [0.29, 0.717) is 12.6 Å². The lowest BCUT2D eigenvalue weighted by Crippen LogP contribution is -2.28. The molecule has 1 N–H and O–H groups in total. The lowest BCUT2D eigenvalue weighted by molar-refractivity contribution is 0.189. The highest BCUT2D eigenvalue weighted by Gasteiger charge is 2.15. The fourth-order valence-electron chi connectivity index (χ4n) is 1.78. The second-order valence-electron chi connectivity index (χ2n) is 3.84. The van der Waals surface area contributed by atoms with Gasteiger partial charge in [-0.3, -0.25) is 0 Å². The molecule has 0 spiro atoms. The van der Waals surface area contributed by atoms with Crippen LogP contribution in [0.25, 0.3) is 0 Å². The average molecular weight is 222 g/mol. The first-order valence-electron chi connectivity index (χ1n) is 5.78. The van der Waals surface area contributed by atoms with E-state index in [1.165, 1.54) is 0 Å². The second-order valence-corrected chi connectivity index (χ2v) is 3.84. The van der Waals surface area contributed by atoms with Crippen molar-refractivity contribution in [3.63, 3.8) is 0 Å².